The van der Waals surface area contributed by atoms with E-state index in [0.717, 1.165) is 29.9 Å². The van der Waals surface area contributed by atoms with Crippen LogP contribution in [0.5, 0.6) is 0 Å². The van der Waals surface area contributed by atoms with Gasteiger partial charge in [-0.3, -0.25) is 0 Å². The first kappa shape index (κ1) is 13.5. The first-order valence-electron chi connectivity index (χ1n) is 7.02. The van der Waals surface area contributed by atoms with Crippen LogP contribution in [0.15, 0.2) is 35.1 Å². The molecule has 0 atom stereocenters. The maximum atomic E-state index is 6.08. The van der Waals surface area contributed by atoms with Crippen LogP contribution >= 0.6 is 11.6 Å². The van der Waals surface area contributed by atoms with Gasteiger partial charge in [-0.15, -0.1) is 0 Å². The summed E-state index contributed by atoms with van der Waals surface area (Å²) in [5.74, 6) is 0.824. The molecule has 2 aromatic heterocycles. The van der Waals surface area contributed by atoms with Crippen LogP contribution in [0.3, 0.4) is 0 Å². The summed E-state index contributed by atoms with van der Waals surface area (Å²) >= 11 is 6.08. The van der Waals surface area contributed by atoms with E-state index in [0.29, 0.717) is 29.6 Å². The summed E-state index contributed by atoms with van der Waals surface area (Å²) in [5, 5.41) is 5.63. The number of benzene rings is 1. The molecule has 1 saturated heterocycles. The van der Waals surface area contributed by atoms with Gasteiger partial charge in [0.15, 0.2) is 0 Å². The second-order valence-corrected chi connectivity index (χ2v) is 5.45. The van der Waals surface area contributed by atoms with Crippen molar-refractivity contribution >= 4 is 28.5 Å². The van der Waals surface area contributed by atoms with Crippen molar-refractivity contribution in [3.05, 3.63) is 35.6 Å². The van der Waals surface area contributed by atoms with Crippen LogP contribution in [0.2, 0.25) is 5.02 Å². The van der Waals surface area contributed by atoms with E-state index in [1.54, 1.807) is 0 Å². The molecule has 112 valence electrons. The largest absolute Gasteiger partial charge is 0.378 e. The summed E-state index contributed by atoms with van der Waals surface area (Å²) in [4.78, 5) is 10.8. The number of nitrogens with zero attached hydrogens (tertiary/aromatic N) is 4. The van der Waals surface area contributed by atoms with Crippen molar-refractivity contribution < 1.29 is 9.26 Å². The van der Waals surface area contributed by atoms with Crippen LogP contribution < -0.4 is 4.90 Å². The number of fused-ring (bicyclic) bond motifs is 1. The minimum absolute atomic E-state index is 0.478. The molecule has 7 heteroatoms. The molecule has 0 N–H and O–H groups in total. The Labute approximate surface area is 131 Å². The van der Waals surface area contributed by atoms with E-state index in [1.807, 2.05) is 24.3 Å². The smallest absolute Gasteiger partial charge is 0.263 e. The van der Waals surface area contributed by atoms with Gasteiger partial charge in [0.1, 0.15) is 23.2 Å². The van der Waals surface area contributed by atoms with Crippen molar-refractivity contribution in [2.45, 2.75) is 0 Å². The Morgan fingerprint density at radius 2 is 2.00 bits per heavy atom. The molecule has 0 bridgehead atoms. The van der Waals surface area contributed by atoms with Crippen LogP contribution in [-0.2, 0) is 4.74 Å². The molecule has 0 aliphatic carbocycles. The Morgan fingerprint density at radius 1 is 1.14 bits per heavy atom. The summed E-state index contributed by atoms with van der Waals surface area (Å²) < 4.78 is 10.8. The van der Waals surface area contributed by atoms with E-state index in [4.69, 9.17) is 20.9 Å². The molecule has 3 aromatic rings. The average Bonchev–Trinajstić information content (AvgIpc) is 3.00. The van der Waals surface area contributed by atoms with Crippen LogP contribution in [0.4, 0.5) is 5.82 Å². The molecule has 1 aromatic carbocycles. The van der Waals surface area contributed by atoms with Crippen molar-refractivity contribution in [3.8, 4) is 11.3 Å². The number of aromatic nitrogens is 3. The SMILES string of the molecule is Clc1cccc(-c2noc3ncnc(N4CCOCC4)c23)c1. The summed E-state index contributed by atoms with van der Waals surface area (Å²) in [6, 6.07) is 7.51. The maximum absolute atomic E-state index is 6.08. The van der Waals surface area contributed by atoms with Crippen molar-refractivity contribution in [1.82, 2.24) is 15.1 Å². The fourth-order valence-electron chi connectivity index (χ4n) is 2.62. The highest BCUT2D eigenvalue weighted by molar-refractivity contribution is 6.30. The molecule has 6 nitrogen and oxygen atoms in total. The Hall–Kier alpha value is -2.18. The number of hydrogen-bond donors (Lipinski definition) is 0. The van der Waals surface area contributed by atoms with Crippen LogP contribution in [-0.4, -0.2) is 41.4 Å². The Bertz CT molecular complexity index is 814. The number of morpholine rings is 1. The molecule has 1 aliphatic heterocycles. The van der Waals surface area contributed by atoms with Crippen molar-refractivity contribution in [3.63, 3.8) is 0 Å². The third-order valence-corrected chi connectivity index (χ3v) is 3.90. The molecule has 3 heterocycles. The molecule has 4 rings (SSSR count). The van der Waals surface area contributed by atoms with Crippen molar-refractivity contribution in [2.24, 2.45) is 0 Å². The molecular formula is C15H13ClN4O2. The van der Waals surface area contributed by atoms with Gasteiger partial charge in [-0.05, 0) is 12.1 Å². The standard InChI is InChI=1S/C15H13ClN4O2/c16-11-3-1-2-10(8-11)13-12-14(20-4-6-21-7-5-20)17-9-18-15(12)22-19-13/h1-3,8-9H,4-7H2. The third-order valence-electron chi connectivity index (χ3n) is 3.66. The van der Waals surface area contributed by atoms with Gasteiger partial charge in [0.05, 0.1) is 13.2 Å². The highest BCUT2D eigenvalue weighted by Crippen LogP contribution is 2.34. The van der Waals surface area contributed by atoms with Crippen LogP contribution in [0, 0.1) is 0 Å². The summed E-state index contributed by atoms with van der Waals surface area (Å²) in [6.07, 6.45) is 1.50. The quantitative estimate of drug-likeness (QED) is 0.724. The maximum Gasteiger partial charge on any atom is 0.263 e. The minimum Gasteiger partial charge on any atom is -0.378 e. The van der Waals surface area contributed by atoms with Gasteiger partial charge in [-0.1, -0.05) is 28.9 Å². The molecule has 0 radical (unpaired) electrons. The second kappa shape index (κ2) is 5.55. The lowest BCUT2D eigenvalue weighted by molar-refractivity contribution is 0.122. The van der Waals surface area contributed by atoms with E-state index >= 15 is 0 Å². The van der Waals surface area contributed by atoms with E-state index < -0.39 is 0 Å². The van der Waals surface area contributed by atoms with Crippen LogP contribution in [0.1, 0.15) is 0 Å². The zero-order chi connectivity index (χ0) is 14.9. The molecule has 1 fully saturated rings. The highest BCUT2D eigenvalue weighted by Gasteiger charge is 2.22. The van der Waals surface area contributed by atoms with Crippen molar-refractivity contribution in [2.75, 3.05) is 31.2 Å². The number of halogens is 1. The first-order chi connectivity index (χ1) is 10.8. The lowest BCUT2D eigenvalue weighted by Gasteiger charge is -2.27. The number of ether oxygens (including phenoxy) is 1. The van der Waals surface area contributed by atoms with Gasteiger partial charge in [0.2, 0.25) is 0 Å². The van der Waals surface area contributed by atoms with Crippen molar-refractivity contribution in [1.29, 1.82) is 0 Å². The molecular weight excluding hydrogens is 304 g/mol. The third kappa shape index (κ3) is 2.30. The average molecular weight is 317 g/mol. The monoisotopic (exact) mass is 316 g/mol. The topological polar surface area (TPSA) is 64.3 Å². The summed E-state index contributed by atoms with van der Waals surface area (Å²) in [5.41, 5.74) is 2.07. The molecule has 0 spiro atoms. The number of hydrogen-bond acceptors (Lipinski definition) is 6. The molecule has 22 heavy (non-hydrogen) atoms. The number of rotatable bonds is 2. The van der Waals surface area contributed by atoms with E-state index in [1.165, 1.54) is 6.33 Å². The molecule has 0 unspecified atom stereocenters. The zero-order valence-corrected chi connectivity index (χ0v) is 12.5. The Morgan fingerprint density at radius 3 is 2.82 bits per heavy atom. The van der Waals surface area contributed by atoms with E-state index in [9.17, 15) is 0 Å². The van der Waals surface area contributed by atoms with Gasteiger partial charge in [-0.25, -0.2) is 4.98 Å². The van der Waals surface area contributed by atoms with Gasteiger partial charge in [0, 0.05) is 23.7 Å². The van der Waals surface area contributed by atoms with E-state index in [2.05, 4.69) is 20.0 Å². The first-order valence-corrected chi connectivity index (χ1v) is 7.40. The van der Waals surface area contributed by atoms with Crippen LogP contribution in [0.25, 0.3) is 22.4 Å². The molecule has 0 saturated carbocycles. The lowest BCUT2D eigenvalue weighted by Crippen LogP contribution is -2.36. The fourth-order valence-corrected chi connectivity index (χ4v) is 2.81. The van der Waals surface area contributed by atoms with Gasteiger partial charge < -0.3 is 14.2 Å². The predicted octanol–water partition coefficient (Wildman–Crippen LogP) is 2.77. The normalized spacial score (nSPS) is 15.4. The number of anilines is 1. The second-order valence-electron chi connectivity index (χ2n) is 5.02. The molecule has 1 aliphatic rings. The lowest BCUT2D eigenvalue weighted by atomic mass is 10.1. The van der Waals surface area contributed by atoms with E-state index in [-0.39, 0.29) is 0 Å². The summed E-state index contributed by atoms with van der Waals surface area (Å²) in [7, 11) is 0. The van der Waals surface area contributed by atoms with Gasteiger partial charge in [0.25, 0.3) is 5.71 Å². The predicted molar refractivity (Wildman–Crippen MR) is 83.1 cm³/mol. The summed E-state index contributed by atoms with van der Waals surface area (Å²) in [6.45, 7) is 2.94. The fraction of sp³-hybridized carbons (Fsp3) is 0.267. The van der Waals surface area contributed by atoms with Gasteiger partial charge in [-0.2, -0.15) is 4.98 Å². The Kier molecular flexibility index (Phi) is 3.40. The molecule has 0 amide bonds. The van der Waals surface area contributed by atoms with Gasteiger partial charge >= 0.3 is 0 Å². The minimum atomic E-state index is 0.478. The Balaban J connectivity index is 1.89. The zero-order valence-electron chi connectivity index (χ0n) is 11.7. The highest BCUT2D eigenvalue weighted by atomic mass is 35.5.